The van der Waals surface area contributed by atoms with Gasteiger partial charge in [-0.2, -0.15) is 0 Å². The number of pyridine rings is 2. The Kier molecular flexibility index (Phi) is 5.47. The van der Waals surface area contributed by atoms with Gasteiger partial charge in [0, 0.05) is 45.2 Å². The fraction of sp³-hybridized carbons (Fsp3) is 0.143. The van der Waals surface area contributed by atoms with Gasteiger partial charge in [-0.1, -0.05) is 29.3 Å². The molecule has 0 aliphatic heterocycles. The molecule has 0 radical (unpaired) electrons. The highest BCUT2D eigenvalue weighted by molar-refractivity contribution is 6.36. The molecule has 2 amide bonds. The summed E-state index contributed by atoms with van der Waals surface area (Å²) in [5, 5.41) is 6.67. The number of carbonyl (C=O) groups is 2. The van der Waals surface area contributed by atoms with Crippen LogP contribution in [-0.2, 0) is 0 Å². The highest BCUT2D eigenvalue weighted by Gasteiger charge is 2.24. The number of hydrogen-bond donors (Lipinski definition) is 2. The quantitative estimate of drug-likeness (QED) is 0.624. The van der Waals surface area contributed by atoms with Crippen LogP contribution in [0.5, 0.6) is 0 Å². The van der Waals surface area contributed by atoms with E-state index in [4.69, 9.17) is 23.2 Å². The summed E-state index contributed by atoms with van der Waals surface area (Å²) >= 11 is 12.3. The van der Waals surface area contributed by atoms with Crippen molar-refractivity contribution < 1.29 is 9.59 Å². The summed E-state index contributed by atoms with van der Waals surface area (Å²) in [4.78, 5) is 33.1. The number of halogens is 2. The van der Waals surface area contributed by atoms with Gasteiger partial charge in [0.15, 0.2) is 0 Å². The van der Waals surface area contributed by atoms with Crippen LogP contribution in [-0.4, -0.2) is 27.8 Å². The first kappa shape index (κ1) is 19.4. The predicted octanol–water partition coefficient (Wildman–Crippen LogP) is 4.59. The molecule has 2 aromatic heterocycles. The first-order valence-electron chi connectivity index (χ1n) is 8.99. The van der Waals surface area contributed by atoms with Gasteiger partial charge in [0.25, 0.3) is 11.8 Å². The lowest BCUT2D eigenvalue weighted by Crippen LogP contribution is -2.26. The maximum absolute atomic E-state index is 12.8. The molecule has 29 heavy (non-hydrogen) atoms. The molecular weight excluding hydrogens is 411 g/mol. The summed E-state index contributed by atoms with van der Waals surface area (Å²) < 4.78 is 0. The molecule has 0 unspecified atom stereocenters. The van der Waals surface area contributed by atoms with Crippen molar-refractivity contribution >= 4 is 40.7 Å². The van der Waals surface area contributed by atoms with Crippen molar-refractivity contribution in [2.24, 2.45) is 0 Å². The number of nitrogens with one attached hydrogen (secondary N) is 2. The van der Waals surface area contributed by atoms with Crippen molar-refractivity contribution in [2.75, 3.05) is 5.32 Å². The fourth-order valence-electron chi connectivity index (χ4n) is 2.81. The fourth-order valence-corrected chi connectivity index (χ4v) is 3.32. The molecule has 146 valence electrons. The highest BCUT2D eigenvalue weighted by Crippen LogP contribution is 2.34. The van der Waals surface area contributed by atoms with Crippen LogP contribution in [0.25, 0.3) is 11.1 Å². The van der Waals surface area contributed by atoms with Gasteiger partial charge in [-0.05, 0) is 43.2 Å². The zero-order valence-corrected chi connectivity index (χ0v) is 16.7. The standard InChI is InChI=1S/C21H16Cl2N4O2/c22-13-1-4-15(17(23)10-13)16-6-7-24-11-19(16)27-20(28)12-5-8-25-18(9-12)21(29)26-14-2-3-14/h1,4-11,14H,2-3H2,(H,26,29)(H,27,28). The van der Waals surface area contributed by atoms with Crippen molar-refractivity contribution in [3.63, 3.8) is 0 Å². The van der Waals surface area contributed by atoms with E-state index in [1.807, 2.05) is 0 Å². The zero-order valence-electron chi connectivity index (χ0n) is 15.2. The number of aromatic nitrogens is 2. The summed E-state index contributed by atoms with van der Waals surface area (Å²) in [5.74, 6) is -0.663. The van der Waals surface area contributed by atoms with Crippen molar-refractivity contribution in [3.8, 4) is 11.1 Å². The maximum Gasteiger partial charge on any atom is 0.270 e. The van der Waals surface area contributed by atoms with Crippen LogP contribution in [0.2, 0.25) is 10.0 Å². The number of hydrogen-bond acceptors (Lipinski definition) is 4. The summed E-state index contributed by atoms with van der Waals surface area (Å²) in [7, 11) is 0. The van der Waals surface area contributed by atoms with Crippen LogP contribution in [0.3, 0.4) is 0 Å². The Morgan fingerprint density at radius 1 is 0.966 bits per heavy atom. The summed E-state index contributed by atoms with van der Waals surface area (Å²) in [6.07, 6.45) is 6.55. The van der Waals surface area contributed by atoms with Crippen LogP contribution in [0.1, 0.15) is 33.7 Å². The smallest absolute Gasteiger partial charge is 0.270 e. The van der Waals surface area contributed by atoms with Crippen LogP contribution in [0, 0.1) is 0 Å². The Morgan fingerprint density at radius 2 is 1.79 bits per heavy atom. The molecule has 1 aliphatic rings. The van der Waals surface area contributed by atoms with Gasteiger partial charge in [0.2, 0.25) is 0 Å². The van der Waals surface area contributed by atoms with E-state index in [0.717, 1.165) is 12.8 Å². The molecule has 4 rings (SSSR count). The molecule has 6 nitrogen and oxygen atoms in total. The molecule has 0 atom stereocenters. The summed E-state index contributed by atoms with van der Waals surface area (Å²) in [5.41, 5.74) is 2.43. The normalized spacial score (nSPS) is 13.0. The van der Waals surface area contributed by atoms with Crippen LogP contribution in [0.15, 0.2) is 55.0 Å². The molecular formula is C21H16Cl2N4O2. The van der Waals surface area contributed by atoms with E-state index in [2.05, 4.69) is 20.6 Å². The van der Waals surface area contributed by atoms with Gasteiger partial charge in [0.1, 0.15) is 5.69 Å². The Labute approximate surface area is 177 Å². The minimum absolute atomic E-state index is 0.205. The van der Waals surface area contributed by atoms with Gasteiger partial charge in [-0.25, -0.2) is 0 Å². The Balaban J connectivity index is 1.58. The minimum atomic E-state index is -0.382. The molecule has 1 fully saturated rings. The summed E-state index contributed by atoms with van der Waals surface area (Å²) in [6, 6.07) is 10.1. The topological polar surface area (TPSA) is 84.0 Å². The van der Waals surface area contributed by atoms with E-state index in [0.29, 0.717) is 32.4 Å². The van der Waals surface area contributed by atoms with E-state index >= 15 is 0 Å². The molecule has 1 saturated carbocycles. The third-order valence-electron chi connectivity index (χ3n) is 4.46. The first-order chi connectivity index (χ1) is 14.0. The van der Waals surface area contributed by atoms with Crippen LogP contribution in [0.4, 0.5) is 5.69 Å². The van der Waals surface area contributed by atoms with Crippen molar-refractivity contribution in [1.82, 2.24) is 15.3 Å². The van der Waals surface area contributed by atoms with E-state index in [-0.39, 0.29) is 23.6 Å². The third kappa shape index (κ3) is 4.55. The van der Waals surface area contributed by atoms with E-state index in [1.54, 1.807) is 42.7 Å². The lowest BCUT2D eigenvalue weighted by Gasteiger charge is -2.12. The summed E-state index contributed by atoms with van der Waals surface area (Å²) in [6.45, 7) is 0. The number of rotatable bonds is 5. The van der Waals surface area contributed by atoms with Gasteiger partial charge in [-0.3, -0.25) is 19.6 Å². The van der Waals surface area contributed by atoms with Gasteiger partial charge >= 0.3 is 0 Å². The maximum atomic E-state index is 12.8. The number of amides is 2. The second-order valence-electron chi connectivity index (χ2n) is 6.68. The number of anilines is 1. The molecule has 2 heterocycles. The third-order valence-corrected chi connectivity index (χ3v) is 5.01. The Morgan fingerprint density at radius 3 is 2.55 bits per heavy atom. The van der Waals surface area contributed by atoms with Gasteiger partial charge in [0.05, 0.1) is 11.9 Å². The van der Waals surface area contributed by atoms with Crippen molar-refractivity contribution in [2.45, 2.75) is 18.9 Å². The second-order valence-corrected chi connectivity index (χ2v) is 7.52. The van der Waals surface area contributed by atoms with E-state index in [9.17, 15) is 9.59 Å². The molecule has 8 heteroatoms. The Hall–Kier alpha value is -2.96. The Bertz CT molecular complexity index is 1100. The van der Waals surface area contributed by atoms with Crippen molar-refractivity contribution in [3.05, 3.63) is 76.3 Å². The van der Waals surface area contributed by atoms with Crippen LogP contribution >= 0.6 is 23.2 Å². The second kappa shape index (κ2) is 8.19. The average Bonchev–Trinajstić information content (AvgIpc) is 3.53. The zero-order chi connectivity index (χ0) is 20.4. The van der Waals surface area contributed by atoms with Gasteiger partial charge in [-0.15, -0.1) is 0 Å². The predicted molar refractivity (Wildman–Crippen MR) is 112 cm³/mol. The number of benzene rings is 1. The lowest BCUT2D eigenvalue weighted by molar-refractivity contribution is 0.0946. The van der Waals surface area contributed by atoms with Crippen LogP contribution < -0.4 is 10.6 Å². The van der Waals surface area contributed by atoms with E-state index in [1.165, 1.54) is 12.3 Å². The highest BCUT2D eigenvalue weighted by atomic mass is 35.5. The molecule has 0 saturated heterocycles. The molecule has 3 aromatic rings. The van der Waals surface area contributed by atoms with Crippen molar-refractivity contribution in [1.29, 1.82) is 0 Å². The largest absolute Gasteiger partial charge is 0.348 e. The SMILES string of the molecule is O=C(Nc1cnccc1-c1ccc(Cl)cc1Cl)c1ccnc(C(=O)NC2CC2)c1. The molecule has 0 bridgehead atoms. The van der Waals surface area contributed by atoms with Gasteiger partial charge < -0.3 is 10.6 Å². The molecule has 1 aliphatic carbocycles. The first-order valence-corrected chi connectivity index (χ1v) is 9.74. The molecule has 1 aromatic carbocycles. The average molecular weight is 427 g/mol. The monoisotopic (exact) mass is 426 g/mol. The van der Waals surface area contributed by atoms with E-state index < -0.39 is 0 Å². The number of carbonyl (C=O) groups excluding carboxylic acids is 2. The minimum Gasteiger partial charge on any atom is -0.348 e. The molecule has 0 spiro atoms. The lowest BCUT2D eigenvalue weighted by atomic mass is 10.0. The number of nitrogens with zero attached hydrogens (tertiary/aromatic N) is 2. The molecule has 2 N–H and O–H groups in total.